The highest BCUT2D eigenvalue weighted by Crippen LogP contribution is 2.22. The van der Waals surface area contributed by atoms with E-state index in [1.54, 1.807) is 0 Å². The summed E-state index contributed by atoms with van der Waals surface area (Å²) in [6.45, 7) is 6.99. The van der Waals surface area contributed by atoms with Crippen molar-refractivity contribution in [2.45, 2.75) is 109 Å². The summed E-state index contributed by atoms with van der Waals surface area (Å²) in [5.41, 5.74) is 6.11. The van der Waals surface area contributed by atoms with Gasteiger partial charge in [-0.25, -0.2) is 0 Å². The summed E-state index contributed by atoms with van der Waals surface area (Å²) in [5, 5.41) is 0. The molecule has 1 heterocycles. The second kappa shape index (κ2) is 12.5. The lowest BCUT2D eigenvalue weighted by molar-refractivity contribution is 0.207. The van der Waals surface area contributed by atoms with Gasteiger partial charge in [-0.2, -0.15) is 0 Å². The van der Waals surface area contributed by atoms with Crippen LogP contribution in [-0.2, 0) is 0 Å². The van der Waals surface area contributed by atoms with Crippen molar-refractivity contribution in [3.05, 3.63) is 0 Å². The largest absolute Gasteiger partial charge is 0.326 e. The minimum Gasteiger partial charge on any atom is -0.326 e. The molecule has 0 aromatic rings. The highest BCUT2D eigenvalue weighted by Gasteiger charge is 2.25. The summed E-state index contributed by atoms with van der Waals surface area (Å²) < 4.78 is 0. The molecule has 1 rings (SSSR count). The number of nitrogens with two attached hydrogens (primary N) is 1. The molecule has 0 spiro atoms. The van der Waals surface area contributed by atoms with Crippen LogP contribution in [-0.4, -0.2) is 30.1 Å². The molecule has 2 N–H and O–H groups in total. The van der Waals surface area contributed by atoms with Gasteiger partial charge >= 0.3 is 0 Å². The normalized spacial score (nSPS) is 19.7. The average molecular weight is 297 g/mol. The quantitative estimate of drug-likeness (QED) is 0.479. The molecule has 1 fully saturated rings. The van der Waals surface area contributed by atoms with Crippen LogP contribution in [0.4, 0.5) is 0 Å². The summed E-state index contributed by atoms with van der Waals surface area (Å²) in [7, 11) is 0. The molecule has 0 aromatic carbocycles. The zero-order valence-corrected chi connectivity index (χ0v) is 14.8. The molecule has 0 bridgehead atoms. The number of likely N-dealkylation sites (tertiary alicyclic amines) is 1. The predicted molar refractivity (Wildman–Crippen MR) is 94.7 cm³/mol. The Bertz CT molecular complexity index is 216. The SMILES string of the molecule is CCCCCCCC(CCCCCCC)N1CCC(N)C1. The van der Waals surface area contributed by atoms with Crippen molar-refractivity contribution in [2.24, 2.45) is 5.73 Å². The molecule has 1 atom stereocenters. The van der Waals surface area contributed by atoms with E-state index in [0.717, 1.165) is 12.6 Å². The zero-order chi connectivity index (χ0) is 15.3. The predicted octanol–water partition coefficient (Wildman–Crippen LogP) is 5.11. The molecule has 1 saturated heterocycles. The number of hydrogen-bond acceptors (Lipinski definition) is 2. The summed E-state index contributed by atoms with van der Waals surface area (Å²) in [5.74, 6) is 0. The van der Waals surface area contributed by atoms with Crippen molar-refractivity contribution < 1.29 is 0 Å². The minimum absolute atomic E-state index is 0.438. The van der Waals surface area contributed by atoms with Crippen molar-refractivity contribution in [3.63, 3.8) is 0 Å². The van der Waals surface area contributed by atoms with Gasteiger partial charge in [0.2, 0.25) is 0 Å². The van der Waals surface area contributed by atoms with Crippen molar-refractivity contribution in [1.29, 1.82) is 0 Å². The fourth-order valence-electron chi connectivity index (χ4n) is 3.62. The number of hydrogen-bond donors (Lipinski definition) is 1. The number of unbranched alkanes of at least 4 members (excludes halogenated alkanes) is 8. The monoisotopic (exact) mass is 296 g/mol. The van der Waals surface area contributed by atoms with Gasteiger partial charge < -0.3 is 5.73 Å². The molecule has 126 valence electrons. The molecule has 0 aromatic heterocycles. The van der Waals surface area contributed by atoms with Crippen LogP contribution in [0.15, 0.2) is 0 Å². The molecular formula is C19H40N2. The molecular weight excluding hydrogens is 256 g/mol. The molecule has 0 saturated carbocycles. The molecule has 1 aliphatic rings. The average Bonchev–Trinajstić information content (AvgIpc) is 2.91. The lowest BCUT2D eigenvalue weighted by Gasteiger charge is -2.28. The Kier molecular flexibility index (Phi) is 11.3. The van der Waals surface area contributed by atoms with Gasteiger partial charge in [-0.1, -0.05) is 78.1 Å². The van der Waals surface area contributed by atoms with Crippen LogP contribution in [0, 0.1) is 0 Å². The molecule has 1 unspecified atom stereocenters. The smallest absolute Gasteiger partial charge is 0.0180 e. The second-order valence-electron chi connectivity index (χ2n) is 7.10. The van der Waals surface area contributed by atoms with Crippen LogP contribution in [0.5, 0.6) is 0 Å². The summed E-state index contributed by atoms with van der Waals surface area (Å²) in [6.07, 6.45) is 18.1. The van der Waals surface area contributed by atoms with E-state index in [9.17, 15) is 0 Å². The van der Waals surface area contributed by atoms with Crippen LogP contribution in [0.1, 0.15) is 97.3 Å². The molecule has 21 heavy (non-hydrogen) atoms. The molecule has 2 heteroatoms. The van der Waals surface area contributed by atoms with Gasteiger partial charge in [0, 0.05) is 25.2 Å². The maximum Gasteiger partial charge on any atom is 0.0180 e. The highest BCUT2D eigenvalue weighted by atomic mass is 15.2. The summed E-state index contributed by atoms with van der Waals surface area (Å²) in [6, 6.07) is 1.26. The Hall–Kier alpha value is -0.0800. The Balaban J connectivity index is 2.21. The third kappa shape index (κ3) is 8.83. The third-order valence-electron chi connectivity index (χ3n) is 5.05. The number of rotatable bonds is 13. The van der Waals surface area contributed by atoms with Crippen molar-refractivity contribution >= 4 is 0 Å². The fraction of sp³-hybridized carbons (Fsp3) is 1.00. The van der Waals surface area contributed by atoms with E-state index in [2.05, 4.69) is 18.7 Å². The first-order valence-electron chi connectivity index (χ1n) is 9.77. The fourth-order valence-corrected chi connectivity index (χ4v) is 3.62. The summed E-state index contributed by atoms with van der Waals surface area (Å²) >= 11 is 0. The Morgan fingerprint density at radius 2 is 1.38 bits per heavy atom. The van der Waals surface area contributed by atoms with E-state index in [1.807, 2.05) is 0 Å². The van der Waals surface area contributed by atoms with E-state index >= 15 is 0 Å². The zero-order valence-electron chi connectivity index (χ0n) is 14.8. The van der Waals surface area contributed by atoms with E-state index < -0.39 is 0 Å². The van der Waals surface area contributed by atoms with Gasteiger partial charge in [0.05, 0.1) is 0 Å². The van der Waals surface area contributed by atoms with Crippen molar-refractivity contribution in [1.82, 2.24) is 4.90 Å². The van der Waals surface area contributed by atoms with Crippen LogP contribution < -0.4 is 5.73 Å². The summed E-state index contributed by atoms with van der Waals surface area (Å²) in [4.78, 5) is 2.70. The first-order valence-corrected chi connectivity index (χ1v) is 9.77. The van der Waals surface area contributed by atoms with Gasteiger partial charge in [-0.3, -0.25) is 4.90 Å². The molecule has 0 aliphatic carbocycles. The third-order valence-corrected chi connectivity index (χ3v) is 5.05. The van der Waals surface area contributed by atoms with Gasteiger partial charge in [-0.15, -0.1) is 0 Å². The minimum atomic E-state index is 0.438. The first kappa shape index (κ1) is 19.0. The molecule has 0 radical (unpaired) electrons. The molecule has 1 aliphatic heterocycles. The Morgan fingerprint density at radius 1 is 0.857 bits per heavy atom. The van der Waals surface area contributed by atoms with Crippen LogP contribution in [0.2, 0.25) is 0 Å². The van der Waals surface area contributed by atoms with Gasteiger partial charge in [-0.05, 0) is 19.3 Å². The maximum atomic E-state index is 6.11. The van der Waals surface area contributed by atoms with Crippen LogP contribution in [0.3, 0.4) is 0 Å². The first-order chi connectivity index (χ1) is 10.3. The lowest BCUT2D eigenvalue weighted by Crippen LogP contribution is -2.35. The van der Waals surface area contributed by atoms with Crippen molar-refractivity contribution in [2.75, 3.05) is 13.1 Å². The second-order valence-corrected chi connectivity index (χ2v) is 7.10. The van der Waals surface area contributed by atoms with Gasteiger partial charge in [0.1, 0.15) is 0 Å². The lowest BCUT2D eigenvalue weighted by atomic mass is 9.99. The maximum absolute atomic E-state index is 6.11. The number of nitrogens with zero attached hydrogens (tertiary/aromatic N) is 1. The molecule has 0 amide bonds. The van der Waals surface area contributed by atoms with E-state index in [0.29, 0.717) is 6.04 Å². The van der Waals surface area contributed by atoms with Crippen LogP contribution >= 0.6 is 0 Å². The Labute approximate surface area is 133 Å². The Morgan fingerprint density at radius 3 is 1.81 bits per heavy atom. The van der Waals surface area contributed by atoms with Crippen molar-refractivity contribution in [3.8, 4) is 0 Å². The van der Waals surface area contributed by atoms with Gasteiger partial charge in [0.25, 0.3) is 0 Å². The van der Waals surface area contributed by atoms with Gasteiger partial charge in [0.15, 0.2) is 0 Å². The molecule has 2 nitrogen and oxygen atoms in total. The van der Waals surface area contributed by atoms with E-state index in [4.69, 9.17) is 5.73 Å². The van der Waals surface area contributed by atoms with E-state index in [1.165, 1.54) is 90.0 Å². The standard InChI is InChI=1S/C19H40N2/c1-3-5-7-9-11-13-19(14-12-10-8-6-4-2)21-16-15-18(20)17-21/h18-19H,3-17,20H2,1-2H3. The van der Waals surface area contributed by atoms with E-state index in [-0.39, 0.29) is 0 Å². The topological polar surface area (TPSA) is 29.3 Å². The highest BCUT2D eigenvalue weighted by molar-refractivity contribution is 4.83. The van der Waals surface area contributed by atoms with Crippen LogP contribution in [0.25, 0.3) is 0 Å².